The molecule has 3 nitrogen and oxygen atoms in total. The quantitative estimate of drug-likeness (QED) is 0.921. The van der Waals surface area contributed by atoms with E-state index in [1.807, 2.05) is 6.92 Å². The maximum atomic E-state index is 12.2. The van der Waals surface area contributed by atoms with Crippen molar-refractivity contribution >= 4 is 16.7 Å². The third-order valence-corrected chi connectivity index (χ3v) is 2.43. The van der Waals surface area contributed by atoms with E-state index < -0.39 is 12.8 Å². The molecule has 102 valence electrons. The lowest BCUT2D eigenvalue weighted by atomic mass is 10.2. The molecule has 2 aromatic rings. The fourth-order valence-electron chi connectivity index (χ4n) is 1.68. The Hall–Kier alpha value is -1.98. The number of nitrogens with zero attached hydrogens (tertiary/aromatic N) is 1. The molecule has 1 heterocycles. The van der Waals surface area contributed by atoms with Gasteiger partial charge >= 0.3 is 6.18 Å². The van der Waals surface area contributed by atoms with Crippen LogP contribution in [0.15, 0.2) is 30.3 Å². The lowest BCUT2D eigenvalue weighted by molar-refractivity contribution is -0.153. The molecule has 1 N–H and O–H groups in total. The number of alkyl halides is 3. The molecule has 2 rings (SSSR count). The van der Waals surface area contributed by atoms with E-state index in [2.05, 4.69) is 10.3 Å². The smallest absolute Gasteiger partial charge is 0.422 e. The Morgan fingerprint density at radius 3 is 2.68 bits per heavy atom. The number of para-hydroxylation sites is 1. The topological polar surface area (TPSA) is 34.1 Å². The van der Waals surface area contributed by atoms with Gasteiger partial charge in [0.2, 0.25) is 0 Å². The Labute approximate surface area is 108 Å². The molecular formula is C13H13F3N2O. The molecule has 0 atom stereocenters. The number of nitrogens with one attached hydrogen (secondary N) is 1. The van der Waals surface area contributed by atoms with Gasteiger partial charge in [0.05, 0.1) is 0 Å². The Morgan fingerprint density at radius 2 is 2.00 bits per heavy atom. The minimum absolute atomic E-state index is 0.134. The zero-order valence-electron chi connectivity index (χ0n) is 10.3. The number of ether oxygens (including phenoxy) is 1. The van der Waals surface area contributed by atoms with Crippen molar-refractivity contribution in [1.82, 2.24) is 4.98 Å². The molecule has 0 radical (unpaired) electrons. The van der Waals surface area contributed by atoms with Gasteiger partial charge in [-0.3, -0.25) is 0 Å². The molecule has 0 spiro atoms. The van der Waals surface area contributed by atoms with E-state index in [-0.39, 0.29) is 5.75 Å². The molecule has 0 aliphatic rings. The average Bonchev–Trinajstić information content (AvgIpc) is 2.36. The molecule has 0 aliphatic heterocycles. The Kier molecular flexibility index (Phi) is 3.78. The predicted molar refractivity (Wildman–Crippen MR) is 67.5 cm³/mol. The Balaban J connectivity index is 2.34. The van der Waals surface area contributed by atoms with Crippen LogP contribution in [-0.2, 0) is 0 Å². The summed E-state index contributed by atoms with van der Waals surface area (Å²) in [4.78, 5) is 4.26. The van der Waals surface area contributed by atoms with Crippen LogP contribution < -0.4 is 10.1 Å². The fraction of sp³-hybridized carbons (Fsp3) is 0.308. The normalized spacial score (nSPS) is 11.6. The number of hydrogen-bond donors (Lipinski definition) is 1. The maximum Gasteiger partial charge on any atom is 0.422 e. The van der Waals surface area contributed by atoms with Gasteiger partial charge in [-0.1, -0.05) is 12.1 Å². The third kappa shape index (κ3) is 3.49. The first kappa shape index (κ1) is 13.5. The first-order valence-corrected chi connectivity index (χ1v) is 5.83. The number of rotatable bonds is 4. The van der Waals surface area contributed by atoms with Crippen molar-refractivity contribution in [2.75, 3.05) is 18.5 Å². The first-order chi connectivity index (χ1) is 8.99. The second-order valence-corrected chi connectivity index (χ2v) is 3.96. The molecule has 6 heteroatoms. The van der Waals surface area contributed by atoms with Gasteiger partial charge in [0.25, 0.3) is 0 Å². The number of benzene rings is 1. The summed E-state index contributed by atoms with van der Waals surface area (Å²) < 4.78 is 41.4. The van der Waals surface area contributed by atoms with Crippen molar-refractivity contribution in [2.24, 2.45) is 0 Å². The molecular weight excluding hydrogens is 257 g/mol. The molecule has 0 saturated carbocycles. The van der Waals surface area contributed by atoms with Crippen LogP contribution in [0.5, 0.6) is 5.75 Å². The van der Waals surface area contributed by atoms with Crippen LogP contribution in [0, 0.1) is 0 Å². The third-order valence-electron chi connectivity index (χ3n) is 2.43. The van der Waals surface area contributed by atoms with Crippen LogP contribution in [0.25, 0.3) is 10.9 Å². The Morgan fingerprint density at radius 1 is 1.21 bits per heavy atom. The van der Waals surface area contributed by atoms with Crippen LogP contribution in [0.3, 0.4) is 0 Å². The fourth-order valence-corrected chi connectivity index (χ4v) is 1.68. The summed E-state index contributed by atoms with van der Waals surface area (Å²) in [5, 5.41) is 3.75. The molecule has 1 aromatic heterocycles. The molecule has 19 heavy (non-hydrogen) atoms. The van der Waals surface area contributed by atoms with E-state index in [1.165, 1.54) is 6.07 Å². The second kappa shape index (κ2) is 5.34. The van der Waals surface area contributed by atoms with Gasteiger partial charge in [0, 0.05) is 11.9 Å². The van der Waals surface area contributed by atoms with Crippen molar-refractivity contribution in [3.05, 3.63) is 30.3 Å². The number of hydrogen-bond acceptors (Lipinski definition) is 3. The standard InChI is InChI=1S/C13H13F3N2O/c1-2-17-11-7-6-9-4-3-5-10(12(9)18-11)19-8-13(14,15)16/h3-7H,2,8H2,1H3,(H,17,18). The minimum atomic E-state index is -4.36. The second-order valence-electron chi connectivity index (χ2n) is 3.96. The average molecular weight is 270 g/mol. The van der Waals surface area contributed by atoms with E-state index in [9.17, 15) is 13.2 Å². The monoisotopic (exact) mass is 270 g/mol. The van der Waals surface area contributed by atoms with Crippen molar-refractivity contribution in [3.8, 4) is 5.75 Å². The minimum Gasteiger partial charge on any atom is -0.482 e. The largest absolute Gasteiger partial charge is 0.482 e. The lowest BCUT2D eigenvalue weighted by Crippen LogP contribution is -2.19. The van der Waals surface area contributed by atoms with Crippen molar-refractivity contribution in [3.63, 3.8) is 0 Å². The van der Waals surface area contributed by atoms with Gasteiger partial charge < -0.3 is 10.1 Å². The molecule has 1 aromatic carbocycles. The van der Waals surface area contributed by atoms with Gasteiger partial charge in [-0.15, -0.1) is 0 Å². The van der Waals surface area contributed by atoms with E-state index in [1.54, 1.807) is 24.3 Å². The first-order valence-electron chi connectivity index (χ1n) is 5.83. The van der Waals surface area contributed by atoms with E-state index in [0.717, 1.165) is 5.39 Å². The highest BCUT2D eigenvalue weighted by molar-refractivity contribution is 5.85. The van der Waals surface area contributed by atoms with Crippen molar-refractivity contribution in [1.29, 1.82) is 0 Å². The SMILES string of the molecule is CCNc1ccc2cccc(OCC(F)(F)F)c2n1. The molecule has 0 aliphatic carbocycles. The highest BCUT2D eigenvalue weighted by atomic mass is 19.4. The van der Waals surface area contributed by atoms with E-state index in [4.69, 9.17) is 4.74 Å². The molecule has 0 saturated heterocycles. The highest BCUT2D eigenvalue weighted by Gasteiger charge is 2.28. The summed E-state index contributed by atoms with van der Waals surface area (Å²) in [5.41, 5.74) is 0.421. The summed E-state index contributed by atoms with van der Waals surface area (Å²) in [7, 11) is 0. The summed E-state index contributed by atoms with van der Waals surface area (Å²) in [6, 6.07) is 8.47. The van der Waals surface area contributed by atoms with Crippen LogP contribution in [0.1, 0.15) is 6.92 Å². The number of anilines is 1. The van der Waals surface area contributed by atoms with E-state index in [0.29, 0.717) is 17.9 Å². The summed E-state index contributed by atoms with van der Waals surface area (Å²) in [5.74, 6) is 0.743. The number of halogens is 3. The summed E-state index contributed by atoms with van der Waals surface area (Å²) in [6.07, 6.45) is -4.36. The highest BCUT2D eigenvalue weighted by Crippen LogP contribution is 2.27. The van der Waals surface area contributed by atoms with Gasteiger partial charge in [0.15, 0.2) is 6.61 Å². The van der Waals surface area contributed by atoms with Gasteiger partial charge in [-0.2, -0.15) is 13.2 Å². The molecule has 0 fully saturated rings. The van der Waals surface area contributed by atoms with Crippen LogP contribution in [0.2, 0.25) is 0 Å². The summed E-state index contributed by atoms with van der Waals surface area (Å²) in [6.45, 7) is 1.28. The van der Waals surface area contributed by atoms with Crippen molar-refractivity contribution in [2.45, 2.75) is 13.1 Å². The van der Waals surface area contributed by atoms with Gasteiger partial charge in [-0.05, 0) is 25.1 Å². The Bertz CT molecular complexity index is 569. The number of pyridine rings is 1. The molecule has 0 bridgehead atoms. The van der Waals surface area contributed by atoms with Gasteiger partial charge in [-0.25, -0.2) is 4.98 Å². The lowest BCUT2D eigenvalue weighted by Gasteiger charge is -2.11. The zero-order chi connectivity index (χ0) is 13.9. The molecule has 0 unspecified atom stereocenters. The van der Waals surface area contributed by atoms with Crippen LogP contribution >= 0.6 is 0 Å². The zero-order valence-corrected chi connectivity index (χ0v) is 10.3. The van der Waals surface area contributed by atoms with Gasteiger partial charge in [0.1, 0.15) is 17.1 Å². The van der Waals surface area contributed by atoms with Crippen LogP contribution in [-0.4, -0.2) is 24.3 Å². The van der Waals surface area contributed by atoms with Crippen molar-refractivity contribution < 1.29 is 17.9 Å². The summed E-state index contributed by atoms with van der Waals surface area (Å²) >= 11 is 0. The maximum absolute atomic E-state index is 12.2. The number of aromatic nitrogens is 1. The van der Waals surface area contributed by atoms with E-state index >= 15 is 0 Å². The van der Waals surface area contributed by atoms with Crippen LogP contribution in [0.4, 0.5) is 19.0 Å². The molecule has 0 amide bonds. The number of fused-ring (bicyclic) bond motifs is 1. The predicted octanol–water partition coefficient (Wildman–Crippen LogP) is 3.61.